The minimum absolute atomic E-state index is 0.0145. The summed E-state index contributed by atoms with van der Waals surface area (Å²) >= 11 is 0. The summed E-state index contributed by atoms with van der Waals surface area (Å²) in [5, 5.41) is 3.87. The van der Waals surface area contributed by atoms with E-state index in [0.717, 1.165) is 0 Å². The van der Waals surface area contributed by atoms with Crippen molar-refractivity contribution in [2.24, 2.45) is 0 Å². The minimum Gasteiger partial charge on any atom is -0.456 e. The van der Waals surface area contributed by atoms with Crippen molar-refractivity contribution in [2.75, 3.05) is 25.2 Å². The van der Waals surface area contributed by atoms with E-state index in [1.807, 2.05) is 20.8 Å². The number of rotatable bonds is 6. The second kappa shape index (κ2) is 7.73. The molecule has 1 aromatic heterocycles. The number of amides is 1. The average Bonchev–Trinajstić information content (AvgIpc) is 3.15. The molecule has 1 aliphatic heterocycles. The van der Waals surface area contributed by atoms with Gasteiger partial charge in [0.2, 0.25) is 5.89 Å². The molecule has 146 valence electrons. The third-order valence-electron chi connectivity index (χ3n) is 4.19. The van der Waals surface area contributed by atoms with Gasteiger partial charge in [-0.25, -0.2) is 8.42 Å². The fourth-order valence-electron chi connectivity index (χ4n) is 2.47. The van der Waals surface area contributed by atoms with E-state index in [-0.39, 0.29) is 35.8 Å². The third kappa shape index (κ3) is 5.52. The SMILES string of the molecule is CN(C(=O)COC(=O)CCc1nc(C(C)(C)C)no1)[C@H]1CCS(=O)(=O)C1. The molecule has 0 saturated carbocycles. The zero-order valence-corrected chi connectivity index (χ0v) is 16.3. The normalized spacial score (nSPS) is 19.3. The topological polar surface area (TPSA) is 120 Å². The monoisotopic (exact) mass is 387 g/mol. The van der Waals surface area contributed by atoms with Gasteiger partial charge in [0.15, 0.2) is 22.3 Å². The molecule has 0 spiro atoms. The maximum Gasteiger partial charge on any atom is 0.306 e. The molecule has 1 fully saturated rings. The van der Waals surface area contributed by atoms with Crippen LogP contribution in [0.5, 0.6) is 0 Å². The Balaban J connectivity index is 1.74. The van der Waals surface area contributed by atoms with Crippen LogP contribution < -0.4 is 0 Å². The molecule has 0 radical (unpaired) electrons. The first-order valence-electron chi connectivity index (χ1n) is 8.43. The maximum absolute atomic E-state index is 12.0. The smallest absolute Gasteiger partial charge is 0.306 e. The molecule has 1 aromatic rings. The fourth-order valence-corrected chi connectivity index (χ4v) is 4.25. The van der Waals surface area contributed by atoms with E-state index in [1.165, 1.54) is 11.9 Å². The molecular weight excluding hydrogens is 362 g/mol. The number of carbonyl (C=O) groups excluding carboxylic acids is 2. The number of aromatic nitrogens is 2. The number of aryl methyl sites for hydroxylation is 1. The lowest BCUT2D eigenvalue weighted by Gasteiger charge is -2.23. The Hall–Kier alpha value is -1.97. The van der Waals surface area contributed by atoms with Crippen molar-refractivity contribution in [1.82, 2.24) is 15.0 Å². The van der Waals surface area contributed by atoms with Crippen LogP contribution in [0.4, 0.5) is 0 Å². The standard InChI is InChI=1S/C16H25N3O6S/c1-16(2,3)15-17-12(25-18-15)5-6-14(21)24-9-13(20)19(4)11-7-8-26(22,23)10-11/h11H,5-10H2,1-4H3/t11-/m0/s1. The summed E-state index contributed by atoms with van der Waals surface area (Å²) < 4.78 is 33.0. The largest absolute Gasteiger partial charge is 0.456 e. The highest BCUT2D eigenvalue weighted by Gasteiger charge is 2.33. The van der Waals surface area contributed by atoms with E-state index < -0.39 is 28.3 Å². The lowest BCUT2D eigenvalue weighted by atomic mass is 9.96. The predicted molar refractivity (Wildman–Crippen MR) is 92.1 cm³/mol. The van der Waals surface area contributed by atoms with Crippen molar-refractivity contribution in [3.05, 3.63) is 11.7 Å². The van der Waals surface area contributed by atoms with Crippen LogP contribution >= 0.6 is 0 Å². The van der Waals surface area contributed by atoms with Crippen LogP contribution in [0.25, 0.3) is 0 Å². The second-order valence-corrected chi connectivity index (χ2v) is 9.71. The number of hydrogen-bond donors (Lipinski definition) is 0. The van der Waals surface area contributed by atoms with Gasteiger partial charge in [-0.3, -0.25) is 9.59 Å². The molecule has 0 N–H and O–H groups in total. The molecule has 1 saturated heterocycles. The summed E-state index contributed by atoms with van der Waals surface area (Å²) in [6.45, 7) is 5.44. The van der Waals surface area contributed by atoms with Gasteiger partial charge in [0, 0.05) is 24.9 Å². The van der Waals surface area contributed by atoms with Crippen LogP contribution in [0, 0.1) is 0 Å². The van der Waals surface area contributed by atoms with E-state index >= 15 is 0 Å². The number of esters is 1. The Morgan fingerprint density at radius 2 is 2.04 bits per heavy atom. The van der Waals surface area contributed by atoms with Crippen molar-refractivity contribution in [2.45, 2.75) is 51.5 Å². The van der Waals surface area contributed by atoms with Gasteiger partial charge in [-0.05, 0) is 6.42 Å². The Kier molecular flexibility index (Phi) is 6.05. The van der Waals surface area contributed by atoms with Gasteiger partial charge in [0.1, 0.15) is 0 Å². The molecule has 0 aliphatic carbocycles. The molecule has 0 bridgehead atoms. The minimum atomic E-state index is -3.08. The quantitative estimate of drug-likeness (QED) is 0.647. The summed E-state index contributed by atoms with van der Waals surface area (Å²) in [6.07, 6.45) is 0.652. The molecular formula is C16H25N3O6S. The van der Waals surface area contributed by atoms with E-state index in [0.29, 0.717) is 18.1 Å². The van der Waals surface area contributed by atoms with E-state index in [2.05, 4.69) is 10.1 Å². The number of carbonyl (C=O) groups is 2. The van der Waals surface area contributed by atoms with Gasteiger partial charge in [-0.15, -0.1) is 0 Å². The highest BCUT2D eigenvalue weighted by atomic mass is 32.2. The molecule has 1 amide bonds. The van der Waals surface area contributed by atoms with Crippen LogP contribution in [0.1, 0.15) is 45.3 Å². The van der Waals surface area contributed by atoms with Gasteiger partial charge in [-0.2, -0.15) is 4.98 Å². The molecule has 26 heavy (non-hydrogen) atoms. The molecule has 0 aromatic carbocycles. The number of likely N-dealkylation sites (N-methyl/N-ethyl adjacent to an activating group) is 1. The summed E-state index contributed by atoms with van der Waals surface area (Å²) in [6, 6.07) is -0.361. The van der Waals surface area contributed by atoms with Crippen LogP contribution in [0.15, 0.2) is 4.52 Å². The first-order valence-corrected chi connectivity index (χ1v) is 10.2. The number of sulfone groups is 1. The van der Waals surface area contributed by atoms with Gasteiger partial charge in [-0.1, -0.05) is 25.9 Å². The summed E-state index contributed by atoms with van der Waals surface area (Å²) in [7, 11) is -1.56. The molecule has 1 atom stereocenters. The molecule has 9 nitrogen and oxygen atoms in total. The van der Waals surface area contributed by atoms with Crippen molar-refractivity contribution in [3.63, 3.8) is 0 Å². The Bertz CT molecular complexity index is 765. The van der Waals surface area contributed by atoms with Crippen molar-refractivity contribution in [1.29, 1.82) is 0 Å². The lowest BCUT2D eigenvalue weighted by molar-refractivity contribution is -0.152. The second-order valence-electron chi connectivity index (χ2n) is 7.48. The highest BCUT2D eigenvalue weighted by molar-refractivity contribution is 7.91. The van der Waals surface area contributed by atoms with Crippen LogP contribution in [-0.4, -0.2) is 66.5 Å². The van der Waals surface area contributed by atoms with Gasteiger partial charge >= 0.3 is 5.97 Å². The van der Waals surface area contributed by atoms with Crippen molar-refractivity contribution < 1.29 is 27.3 Å². The van der Waals surface area contributed by atoms with Crippen LogP contribution in [0.2, 0.25) is 0 Å². The maximum atomic E-state index is 12.0. The first-order chi connectivity index (χ1) is 12.0. The van der Waals surface area contributed by atoms with E-state index in [4.69, 9.17) is 9.26 Å². The van der Waals surface area contributed by atoms with Crippen LogP contribution in [-0.2, 0) is 36.0 Å². The lowest BCUT2D eigenvalue weighted by Crippen LogP contribution is -2.40. The number of ether oxygens (including phenoxy) is 1. The molecule has 1 aliphatic rings. The Labute approximate surface area is 153 Å². The van der Waals surface area contributed by atoms with E-state index in [1.54, 1.807) is 0 Å². The van der Waals surface area contributed by atoms with Gasteiger partial charge in [0.25, 0.3) is 5.91 Å². The highest BCUT2D eigenvalue weighted by Crippen LogP contribution is 2.19. The third-order valence-corrected chi connectivity index (χ3v) is 5.94. The molecule has 0 unspecified atom stereocenters. The van der Waals surface area contributed by atoms with Gasteiger partial charge < -0.3 is 14.2 Å². The fraction of sp³-hybridized carbons (Fsp3) is 0.750. The summed E-state index contributed by atoms with van der Waals surface area (Å²) in [5.41, 5.74) is -0.243. The summed E-state index contributed by atoms with van der Waals surface area (Å²) in [5.74, 6) is -0.0445. The predicted octanol–water partition coefficient (Wildman–Crippen LogP) is 0.488. The van der Waals surface area contributed by atoms with Crippen molar-refractivity contribution in [3.8, 4) is 0 Å². The van der Waals surface area contributed by atoms with E-state index in [9.17, 15) is 18.0 Å². The zero-order valence-electron chi connectivity index (χ0n) is 15.5. The van der Waals surface area contributed by atoms with Crippen molar-refractivity contribution >= 4 is 21.7 Å². The van der Waals surface area contributed by atoms with Crippen LogP contribution in [0.3, 0.4) is 0 Å². The Morgan fingerprint density at radius 3 is 2.58 bits per heavy atom. The van der Waals surface area contributed by atoms with Gasteiger partial charge in [0.05, 0.1) is 17.9 Å². The molecule has 2 heterocycles. The summed E-state index contributed by atoms with van der Waals surface area (Å²) in [4.78, 5) is 29.4. The zero-order chi connectivity index (χ0) is 19.5. The molecule has 2 rings (SSSR count). The first kappa shape index (κ1) is 20.3. The number of hydrogen-bond acceptors (Lipinski definition) is 8. The molecule has 10 heteroatoms. The average molecular weight is 387 g/mol. The number of nitrogens with zero attached hydrogens (tertiary/aromatic N) is 3. The Morgan fingerprint density at radius 1 is 1.35 bits per heavy atom.